The quantitative estimate of drug-likeness (QED) is 0.195. The fraction of sp³-hybridized carbons (Fsp3) is 0.0476. The van der Waals surface area contributed by atoms with Crippen LogP contribution in [0.3, 0.4) is 0 Å². The minimum atomic E-state index is 0.579. The highest BCUT2D eigenvalue weighted by atomic mass is 16.3. The highest BCUT2D eigenvalue weighted by molar-refractivity contribution is 6.19. The van der Waals surface area contributed by atoms with Crippen LogP contribution in [0.15, 0.2) is 136 Å². The van der Waals surface area contributed by atoms with E-state index in [0.717, 1.165) is 79.1 Å². The average molecular weight is 619 g/mol. The van der Waals surface area contributed by atoms with Gasteiger partial charge in [-0.2, -0.15) is 0 Å². The van der Waals surface area contributed by atoms with Crippen molar-refractivity contribution in [3.05, 3.63) is 144 Å². The van der Waals surface area contributed by atoms with Gasteiger partial charge in [0, 0.05) is 33.7 Å². The third-order valence-corrected chi connectivity index (χ3v) is 9.31. The second-order valence-electron chi connectivity index (χ2n) is 12.1. The summed E-state index contributed by atoms with van der Waals surface area (Å²) >= 11 is 0. The largest absolute Gasteiger partial charge is 0.456 e. The fourth-order valence-corrected chi connectivity index (χ4v) is 7.06. The Hall–Kier alpha value is -6.40. The number of nitrogens with zero attached hydrogens (tertiary/aromatic N) is 4. The second-order valence-corrected chi connectivity index (χ2v) is 12.1. The summed E-state index contributed by atoms with van der Waals surface area (Å²) in [5, 5.41) is 2.98. The summed E-state index contributed by atoms with van der Waals surface area (Å²) in [6.07, 6.45) is 5.81. The predicted molar refractivity (Wildman–Crippen MR) is 191 cm³/mol. The number of furan rings is 2. The molecule has 5 aromatic carbocycles. The molecule has 0 atom stereocenters. The van der Waals surface area contributed by atoms with Crippen LogP contribution in [0.5, 0.6) is 0 Å². The van der Waals surface area contributed by atoms with Gasteiger partial charge in [-0.25, -0.2) is 15.0 Å². The first-order valence-corrected chi connectivity index (χ1v) is 16.1. The van der Waals surface area contributed by atoms with Crippen LogP contribution in [0, 0.1) is 0 Å². The van der Waals surface area contributed by atoms with E-state index in [4.69, 9.17) is 28.8 Å². The van der Waals surface area contributed by atoms with Gasteiger partial charge in [-0.05, 0) is 77.6 Å². The lowest BCUT2D eigenvalue weighted by Crippen LogP contribution is -2.06. The number of benzene rings is 5. The van der Waals surface area contributed by atoms with Crippen molar-refractivity contribution in [2.24, 2.45) is 0 Å². The van der Waals surface area contributed by atoms with Crippen molar-refractivity contribution in [2.75, 3.05) is 0 Å². The Bertz CT molecular complexity index is 2740. The van der Waals surface area contributed by atoms with E-state index in [0.29, 0.717) is 23.1 Å². The summed E-state index contributed by atoms with van der Waals surface area (Å²) in [6, 6.07) is 41.0. The van der Waals surface area contributed by atoms with Crippen molar-refractivity contribution in [3.8, 4) is 33.9 Å². The Kier molecular flexibility index (Phi) is 5.90. The van der Waals surface area contributed by atoms with E-state index in [1.807, 2.05) is 72.8 Å². The van der Waals surface area contributed by atoms with Crippen LogP contribution in [0.2, 0.25) is 0 Å². The normalized spacial score (nSPS) is 13.0. The standard InChI is InChI=1S/C42H26N4O2/c1-2-11-26(12-3-1)40-44-41(28-20-19-25-10-4-5-13-27(25)24-28)46-42(45-40)32-22-21-30(39-37(32)38-35(48-39)18-9-23-43-38)29-15-8-17-34-36(29)31-14-6-7-16-33(31)47-34/h1-18,21-24H,19-20H2. The van der Waals surface area contributed by atoms with E-state index < -0.39 is 0 Å². The van der Waals surface area contributed by atoms with Crippen molar-refractivity contribution in [1.82, 2.24) is 19.9 Å². The molecule has 0 N–H and O–H groups in total. The maximum atomic E-state index is 6.66. The molecule has 4 heterocycles. The molecule has 1 aliphatic rings. The second kappa shape index (κ2) is 10.6. The molecule has 0 aliphatic heterocycles. The van der Waals surface area contributed by atoms with Crippen molar-refractivity contribution in [3.63, 3.8) is 0 Å². The number of pyridine rings is 1. The first kappa shape index (κ1) is 26.8. The van der Waals surface area contributed by atoms with Gasteiger partial charge in [-0.1, -0.05) is 84.9 Å². The third-order valence-electron chi connectivity index (χ3n) is 9.31. The molecule has 10 rings (SSSR count). The van der Waals surface area contributed by atoms with E-state index >= 15 is 0 Å². The van der Waals surface area contributed by atoms with E-state index in [2.05, 4.69) is 54.6 Å². The number of fused-ring (bicyclic) bond motifs is 7. The Morgan fingerprint density at radius 2 is 1.27 bits per heavy atom. The van der Waals surface area contributed by atoms with Crippen LogP contribution in [0.25, 0.3) is 89.6 Å². The molecule has 0 saturated heterocycles. The SMILES string of the molecule is C1=C(c2nc(-c3ccccc3)nc(-c3ccc(-c4cccc5oc6ccccc6c45)c4oc5cccnc5c34)n2)CCc2ccccc21. The van der Waals surface area contributed by atoms with Crippen molar-refractivity contribution < 1.29 is 8.83 Å². The molecule has 1 aliphatic carbocycles. The molecule has 9 aromatic rings. The van der Waals surface area contributed by atoms with E-state index in [1.165, 1.54) is 11.1 Å². The van der Waals surface area contributed by atoms with E-state index in [1.54, 1.807) is 6.20 Å². The number of hydrogen-bond acceptors (Lipinski definition) is 6. The maximum Gasteiger partial charge on any atom is 0.164 e. The van der Waals surface area contributed by atoms with E-state index in [9.17, 15) is 0 Å². The lowest BCUT2D eigenvalue weighted by Gasteiger charge is -2.17. The summed E-state index contributed by atoms with van der Waals surface area (Å²) in [7, 11) is 0. The number of allylic oxidation sites excluding steroid dienone is 1. The van der Waals surface area contributed by atoms with Crippen LogP contribution in [-0.2, 0) is 6.42 Å². The van der Waals surface area contributed by atoms with Crippen molar-refractivity contribution >= 4 is 55.7 Å². The summed E-state index contributed by atoms with van der Waals surface area (Å²) in [6.45, 7) is 0. The number of aromatic nitrogens is 4. The molecule has 6 nitrogen and oxygen atoms in total. The number of hydrogen-bond donors (Lipinski definition) is 0. The summed E-state index contributed by atoms with van der Waals surface area (Å²) < 4.78 is 12.9. The molecule has 0 amide bonds. The molecule has 0 spiro atoms. The van der Waals surface area contributed by atoms with Crippen molar-refractivity contribution in [1.29, 1.82) is 0 Å². The fourth-order valence-electron chi connectivity index (χ4n) is 7.06. The zero-order valence-corrected chi connectivity index (χ0v) is 25.7. The highest BCUT2D eigenvalue weighted by Crippen LogP contribution is 2.44. The van der Waals surface area contributed by atoms with Crippen LogP contribution in [0.1, 0.15) is 23.4 Å². The topological polar surface area (TPSA) is 77.8 Å². The molecule has 6 heteroatoms. The lowest BCUT2D eigenvalue weighted by atomic mass is 9.92. The van der Waals surface area contributed by atoms with Crippen LogP contribution in [-0.4, -0.2) is 19.9 Å². The predicted octanol–water partition coefficient (Wildman–Crippen LogP) is 10.6. The first-order chi connectivity index (χ1) is 23.8. The Labute approximate surface area is 275 Å². The molecular weight excluding hydrogens is 592 g/mol. The Morgan fingerprint density at radius 1 is 0.500 bits per heavy atom. The zero-order chi connectivity index (χ0) is 31.6. The minimum absolute atomic E-state index is 0.579. The summed E-state index contributed by atoms with van der Waals surface area (Å²) in [5.41, 5.74) is 11.3. The van der Waals surface area contributed by atoms with Gasteiger partial charge < -0.3 is 8.83 Å². The summed E-state index contributed by atoms with van der Waals surface area (Å²) in [4.78, 5) is 20.1. The molecule has 226 valence electrons. The monoisotopic (exact) mass is 618 g/mol. The number of para-hydroxylation sites is 1. The van der Waals surface area contributed by atoms with Crippen LogP contribution in [0.4, 0.5) is 0 Å². The van der Waals surface area contributed by atoms with E-state index in [-0.39, 0.29) is 0 Å². The molecule has 0 fully saturated rings. The smallest absolute Gasteiger partial charge is 0.164 e. The van der Waals surface area contributed by atoms with Gasteiger partial charge in [0.25, 0.3) is 0 Å². The average Bonchev–Trinajstić information content (AvgIpc) is 3.74. The van der Waals surface area contributed by atoms with Gasteiger partial charge in [0.1, 0.15) is 22.3 Å². The lowest BCUT2D eigenvalue weighted by molar-refractivity contribution is 0.668. The molecule has 0 bridgehead atoms. The molecule has 48 heavy (non-hydrogen) atoms. The van der Waals surface area contributed by atoms with Gasteiger partial charge in [0.15, 0.2) is 23.1 Å². The van der Waals surface area contributed by atoms with Gasteiger partial charge >= 0.3 is 0 Å². The highest BCUT2D eigenvalue weighted by Gasteiger charge is 2.24. The van der Waals surface area contributed by atoms with Gasteiger partial charge in [-0.3, -0.25) is 4.98 Å². The number of aryl methyl sites for hydroxylation is 1. The van der Waals surface area contributed by atoms with Crippen LogP contribution < -0.4 is 0 Å². The molecule has 0 saturated carbocycles. The van der Waals surface area contributed by atoms with Gasteiger partial charge in [-0.15, -0.1) is 0 Å². The third kappa shape index (κ3) is 4.19. The zero-order valence-electron chi connectivity index (χ0n) is 25.7. The molecule has 0 unspecified atom stereocenters. The molecular formula is C42H26N4O2. The molecule has 0 radical (unpaired) electrons. The van der Waals surface area contributed by atoms with Gasteiger partial charge in [0.05, 0.1) is 5.39 Å². The van der Waals surface area contributed by atoms with Crippen molar-refractivity contribution in [2.45, 2.75) is 12.8 Å². The first-order valence-electron chi connectivity index (χ1n) is 16.1. The Balaban J connectivity index is 1.24. The number of rotatable bonds is 4. The minimum Gasteiger partial charge on any atom is -0.456 e. The molecule has 4 aromatic heterocycles. The summed E-state index contributed by atoms with van der Waals surface area (Å²) in [5.74, 6) is 1.89. The van der Waals surface area contributed by atoms with Crippen LogP contribution >= 0.6 is 0 Å². The van der Waals surface area contributed by atoms with Gasteiger partial charge in [0.2, 0.25) is 0 Å². The maximum absolute atomic E-state index is 6.66. The Morgan fingerprint density at radius 3 is 2.23 bits per heavy atom.